The number of hydrogen-bond donors (Lipinski definition) is 0. The molecule has 2 aromatic carbocycles. The normalized spacial score (nSPS) is 11.2. The maximum Gasteiger partial charge on any atom is 0.125 e. The van der Waals surface area contributed by atoms with Crippen molar-refractivity contribution in [1.29, 1.82) is 0 Å². The summed E-state index contributed by atoms with van der Waals surface area (Å²) in [5.74, 6) is 0.806. The molecule has 3 aromatic rings. The molecule has 0 aliphatic heterocycles. The number of aromatic nitrogens is 2. The zero-order valence-electron chi connectivity index (χ0n) is 19.0. The number of nitrogens with zero attached hydrogens (tertiary/aromatic N) is 2. The molecule has 0 amide bonds. The van der Waals surface area contributed by atoms with E-state index in [0.29, 0.717) is 0 Å². The number of aryl methyl sites for hydroxylation is 1. The fourth-order valence-corrected chi connectivity index (χ4v) is 4.52. The van der Waals surface area contributed by atoms with E-state index in [0.717, 1.165) is 11.4 Å². The van der Waals surface area contributed by atoms with Crippen molar-refractivity contribution in [1.82, 2.24) is 9.97 Å². The lowest BCUT2D eigenvalue weighted by Crippen LogP contribution is -2.05. The van der Waals surface area contributed by atoms with Crippen molar-refractivity contribution in [2.75, 3.05) is 0 Å². The van der Waals surface area contributed by atoms with E-state index in [-0.39, 0.29) is 0 Å². The van der Waals surface area contributed by atoms with Crippen LogP contribution in [0.2, 0.25) is 0 Å². The molecule has 0 saturated heterocycles. The van der Waals surface area contributed by atoms with Crippen molar-refractivity contribution < 1.29 is 0 Å². The minimum atomic E-state index is 0.806. The fourth-order valence-electron chi connectivity index (χ4n) is 4.52. The van der Waals surface area contributed by atoms with Crippen molar-refractivity contribution in [3.05, 3.63) is 68.3 Å². The van der Waals surface area contributed by atoms with E-state index in [2.05, 4.69) is 72.3 Å². The molecule has 146 valence electrons. The largest absolute Gasteiger partial charge is 0.241 e. The van der Waals surface area contributed by atoms with E-state index >= 15 is 0 Å². The average Bonchev–Trinajstić information content (AvgIpc) is 2.67. The van der Waals surface area contributed by atoms with E-state index in [1.165, 1.54) is 66.8 Å². The Bertz CT molecular complexity index is 1030. The van der Waals surface area contributed by atoms with Crippen molar-refractivity contribution in [3.8, 4) is 22.3 Å². The van der Waals surface area contributed by atoms with Crippen molar-refractivity contribution in [2.24, 2.45) is 0 Å². The Morgan fingerprint density at radius 3 is 1.07 bits per heavy atom. The summed E-state index contributed by atoms with van der Waals surface area (Å²) in [6.07, 6.45) is 3.90. The van der Waals surface area contributed by atoms with Gasteiger partial charge in [-0.2, -0.15) is 0 Å². The third-order valence-electron chi connectivity index (χ3n) is 6.94. The van der Waals surface area contributed by atoms with Crippen LogP contribution in [-0.2, 0) is 0 Å². The molecular weight excluding hydrogens is 340 g/mol. The van der Waals surface area contributed by atoms with E-state index in [4.69, 9.17) is 0 Å². The van der Waals surface area contributed by atoms with E-state index < -0.39 is 0 Å². The van der Waals surface area contributed by atoms with Crippen LogP contribution in [0.15, 0.2) is 12.4 Å². The molecule has 0 N–H and O–H groups in total. The molecular formula is C26H32N2. The van der Waals surface area contributed by atoms with Crippen molar-refractivity contribution >= 4 is 0 Å². The summed E-state index contributed by atoms with van der Waals surface area (Å²) in [7, 11) is 0. The Morgan fingerprint density at radius 2 is 0.679 bits per heavy atom. The summed E-state index contributed by atoms with van der Waals surface area (Å²) in [4.78, 5) is 8.86. The monoisotopic (exact) mass is 372 g/mol. The Labute approximate surface area is 170 Å². The molecule has 0 fully saturated rings. The molecule has 0 atom stereocenters. The first-order valence-corrected chi connectivity index (χ1v) is 10.0. The molecule has 2 heteroatoms. The van der Waals surface area contributed by atoms with Crippen LogP contribution in [0.5, 0.6) is 0 Å². The van der Waals surface area contributed by atoms with Crippen molar-refractivity contribution in [3.63, 3.8) is 0 Å². The highest BCUT2D eigenvalue weighted by molar-refractivity contribution is 5.86. The van der Waals surface area contributed by atoms with Gasteiger partial charge < -0.3 is 0 Å². The summed E-state index contributed by atoms with van der Waals surface area (Å²) in [6, 6.07) is 0. The molecule has 28 heavy (non-hydrogen) atoms. The van der Waals surface area contributed by atoms with Gasteiger partial charge in [-0.3, -0.25) is 0 Å². The van der Waals surface area contributed by atoms with Gasteiger partial charge in [-0.05, 0) is 136 Å². The van der Waals surface area contributed by atoms with E-state index in [9.17, 15) is 0 Å². The molecule has 2 nitrogen and oxygen atoms in total. The van der Waals surface area contributed by atoms with E-state index in [1.54, 1.807) is 0 Å². The molecule has 0 aliphatic rings. The minimum Gasteiger partial charge on any atom is -0.241 e. The Hall–Kier alpha value is -2.48. The first-order chi connectivity index (χ1) is 13.1. The van der Waals surface area contributed by atoms with E-state index in [1.807, 2.05) is 19.3 Å². The molecule has 3 rings (SSSR count). The van der Waals surface area contributed by atoms with Gasteiger partial charge >= 0.3 is 0 Å². The van der Waals surface area contributed by atoms with Crippen LogP contribution in [0.3, 0.4) is 0 Å². The maximum atomic E-state index is 4.43. The second-order valence-corrected chi connectivity index (χ2v) is 8.27. The van der Waals surface area contributed by atoms with Gasteiger partial charge in [0.25, 0.3) is 0 Å². The third kappa shape index (κ3) is 2.96. The lowest BCUT2D eigenvalue weighted by molar-refractivity contribution is 1.05. The van der Waals surface area contributed by atoms with Gasteiger partial charge in [-0.15, -0.1) is 0 Å². The minimum absolute atomic E-state index is 0.806. The summed E-state index contributed by atoms with van der Waals surface area (Å²) < 4.78 is 0. The highest BCUT2D eigenvalue weighted by Crippen LogP contribution is 2.42. The zero-order chi connectivity index (χ0) is 20.9. The number of rotatable bonds is 2. The summed E-state index contributed by atoms with van der Waals surface area (Å²) in [5, 5.41) is 0. The van der Waals surface area contributed by atoms with Crippen LogP contribution in [-0.4, -0.2) is 9.97 Å². The van der Waals surface area contributed by atoms with Crippen LogP contribution < -0.4 is 0 Å². The standard InChI is InChI=1S/C26H32N2/c1-13-14(2)16(4)25(17(5)15(13)3)26-20(8)18(6)24(19(7)21(26)9)23-11-27-22(10)28-12-23/h11-12H,1-10H3. The molecule has 0 unspecified atom stereocenters. The average molecular weight is 373 g/mol. The van der Waals surface area contributed by atoms with Crippen LogP contribution in [0, 0.1) is 69.2 Å². The van der Waals surface area contributed by atoms with Crippen LogP contribution in [0.25, 0.3) is 22.3 Å². The fraction of sp³-hybridized carbons (Fsp3) is 0.385. The highest BCUT2D eigenvalue weighted by Gasteiger charge is 2.22. The third-order valence-corrected chi connectivity index (χ3v) is 6.94. The molecule has 0 aliphatic carbocycles. The van der Waals surface area contributed by atoms with Gasteiger partial charge in [0.15, 0.2) is 0 Å². The SMILES string of the molecule is Cc1ncc(-c2c(C)c(C)c(-c3c(C)c(C)c(C)c(C)c3C)c(C)c2C)cn1. The Kier molecular flexibility index (Phi) is 5.18. The van der Waals surface area contributed by atoms with Gasteiger partial charge in [0.1, 0.15) is 5.82 Å². The molecule has 1 aromatic heterocycles. The summed E-state index contributed by atoms with van der Waals surface area (Å²) >= 11 is 0. The first-order valence-electron chi connectivity index (χ1n) is 10.0. The van der Waals surface area contributed by atoms with Gasteiger partial charge in [0.2, 0.25) is 0 Å². The lowest BCUT2D eigenvalue weighted by atomic mass is 9.79. The topological polar surface area (TPSA) is 25.8 Å². The smallest absolute Gasteiger partial charge is 0.125 e. The molecule has 0 saturated carbocycles. The number of benzene rings is 2. The first kappa shape index (κ1) is 20.3. The predicted octanol–water partition coefficient (Wildman–Crippen LogP) is 6.89. The molecule has 1 heterocycles. The quantitative estimate of drug-likeness (QED) is 0.489. The predicted molar refractivity (Wildman–Crippen MR) is 120 cm³/mol. The van der Waals surface area contributed by atoms with Gasteiger partial charge in [0.05, 0.1) is 0 Å². The van der Waals surface area contributed by atoms with Crippen molar-refractivity contribution in [2.45, 2.75) is 69.2 Å². The second kappa shape index (κ2) is 7.16. The highest BCUT2D eigenvalue weighted by atomic mass is 14.8. The summed E-state index contributed by atoms with van der Waals surface area (Å²) in [5.41, 5.74) is 17.6. The molecule has 0 bridgehead atoms. The van der Waals surface area contributed by atoms with Crippen LogP contribution in [0.4, 0.5) is 0 Å². The zero-order valence-corrected chi connectivity index (χ0v) is 19.0. The Morgan fingerprint density at radius 1 is 0.393 bits per heavy atom. The summed E-state index contributed by atoms with van der Waals surface area (Å²) in [6.45, 7) is 22.2. The number of hydrogen-bond acceptors (Lipinski definition) is 2. The van der Waals surface area contributed by atoms with Gasteiger partial charge in [0, 0.05) is 18.0 Å². The van der Waals surface area contributed by atoms with Crippen LogP contribution in [0.1, 0.15) is 55.9 Å². The van der Waals surface area contributed by atoms with Gasteiger partial charge in [-0.25, -0.2) is 9.97 Å². The van der Waals surface area contributed by atoms with Crippen LogP contribution >= 0.6 is 0 Å². The Balaban J connectivity index is 2.40. The lowest BCUT2D eigenvalue weighted by Gasteiger charge is -2.25. The molecule has 0 radical (unpaired) electrons. The maximum absolute atomic E-state index is 4.43. The molecule has 0 spiro atoms. The van der Waals surface area contributed by atoms with Gasteiger partial charge in [-0.1, -0.05) is 0 Å². The second-order valence-electron chi connectivity index (χ2n) is 8.27.